The lowest BCUT2D eigenvalue weighted by molar-refractivity contribution is 0.255. The van der Waals surface area contributed by atoms with Crippen molar-refractivity contribution >= 4 is 23.5 Å². The molecular weight excluding hydrogens is 372 g/mol. The zero-order valence-electron chi connectivity index (χ0n) is 18.7. The molecule has 0 bridgehead atoms. The van der Waals surface area contributed by atoms with Crippen molar-refractivity contribution in [2.45, 2.75) is 66.7 Å². The summed E-state index contributed by atoms with van der Waals surface area (Å²) in [7, 11) is 3.46. The largest absolute Gasteiger partial charge is 0.480 e. The summed E-state index contributed by atoms with van der Waals surface area (Å²) in [6.07, 6.45) is 9.38. The molecular formula is C22H39ClN4O. The summed E-state index contributed by atoms with van der Waals surface area (Å²) in [4.78, 5) is 8.45. The van der Waals surface area contributed by atoms with Crippen LogP contribution in [0.3, 0.4) is 0 Å². The van der Waals surface area contributed by atoms with Crippen LogP contribution in [0.1, 0.15) is 66.7 Å². The maximum Gasteiger partial charge on any atom is 0.233 e. The molecule has 160 valence electrons. The second-order valence-corrected chi connectivity index (χ2v) is 8.10. The Kier molecular flexibility index (Phi) is 9.55. The van der Waals surface area contributed by atoms with Crippen molar-refractivity contribution in [3.05, 3.63) is 22.8 Å². The molecule has 0 amide bonds. The fourth-order valence-corrected chi connectivity index (χ4v) is 3.96. The number of halogens is 1. The van der Waals surface area contributed by atoms with E-state index in [9.17, 15) is 0 Å². The average molecular weight is 411 g/mol. The predicted octanol–water partition coefficient (Wildman–Crippen LogP) is 5.22. The van der Waals surface area contributed by atoms with Crippen LogP contribution in [0.5, 0.6) is 0 Å². The van der Waals surface area contributed by atoms with E-state index in [1.54, 1.807) is 14.2 Å². The van der Waals surface area contributed by atoms with E-state index in [1.807, 2.05) is 20.1 Å². The summed E-state index contributed by atoms with van der Waals surface area (Å²) >= 11 is 5.86. The molecule has 0 aromatic carbocycles. The zero-order valence-corrected chi connectivity index (χ0v) is 19.5. The molecule has 3 N–H and O–H groups in total. The van der Waals surface area contributed by atoms with Gasteiger partial charge in [0.2, 0.25) is 5.88 Å². The lowest BCUT2D eigenvalue weighted by Crippen LogP contribution is -2.31. The number of methoxy groups -OCH3 is 1. The van der Waals surface area contributed by atoms with Crippen LogP contribution in [-0.2, 0) is 4.74 Å². The molecule has 2 aliphatic carbocycles. The highest BCUT2D eigenvalue weighted by Crippen LogP contribution is 2.58. The van der Waals surface area contributed by atoms with Gasteiger partial charge in [-0.05, 0) is 31.6 Å². The Hall–Kier alpha value is -1.49. The van der Waals surface area contributed by atoms with Crippen molar-refractivity contribution in [3.8, 4) is 0 Å². The first-order valence-corrected chi connectivity index (χ1v) is 10.9. The van der Waals surface area contributed by atoms with Gasteiger partial charge in [0.15, 0.2) is 0 Å². The van der Waals surface area contributed by atoms with Crippen molar-refractivity contribution in [2.24, 2.45) is 32.5 Å². The van der Waals surface area contributed by atoms with Crippen LogP contribution in [0.4, 0.5) is 0 Å². The van der Waals surface area contributed by atoms with Gasteiger partial charge in [-0.2, -0.15) is 0 Å². The minimum Gasteiger partial charge on any atom is -0.480 e. The molecule has 1 aliphatic heterocycles. The van der Waals surface area contributed by atoms with Gasteiger partial charge in [0.05, 0.1) is 30.1 Å². The van der Waals surface area contributed by atoms with Crippen LogP contribution < -0.4 is 11.1 Å². The van der Waals surface area contributed by atoms with Crippen LogP contribution in [0.15, 0.2) is 32.8 Å². The van der Waals surface area contributed by atoms with E-state index in [0.717, 1.165) is 18.1 Å². The smallest absolute Gasteiger partial charge is 0.233 e. The molecule has 5 nitrogen and oxygen atoms in total. The molecule has 0 spiro atoms. The van der Waals surface area contributed by atoms with Crippen LogP contribution in [0, 0.1) is 16.7 Å². The standard InChI is InChI=1S/C12H20N2O.C8H13ClN2.C2H6/c1-4-9(2)12(5-6-12)10-11(15-3)14-8-7-13-10;1-8(3-4-8)7(11-2)6(9)5-10;1-2/h8-9,13H,4-7H2,1-3H3;5H,3-4,10H2,1-2H3;1-2H3/b;6-5+,11-7?;. The minimum absolute atomic E-state index is 0.210. The molecule has 2 fully saturated rings. The van der Waals surface area contributed by atoms with E-state index in [0.29, 0.717) is 16.4 Å². The lowest BCUT2D eigenvalue weighted by atomic mass is 9.85. The second kappa shape index (κ2) is 10.9. The Balaban J connectivity index is 0.000000268. The average Bonchev–Trinajstić information content (AvgIpc) is 3.67. The Morgan fingerprint density at radius 1 is 1.39 bits per heavy atom. The third-order valence-corrected chi connectivity index (χ3v) is 6.30. The Labute approximate surface area is 176 Å². The predicted molar refractivity (Wildman–Crippen MR) is 122 cm³/mol. The Morgan fingerprint density at radius 2 is 2.00 bits per heavy atom. The number of nitrogens with one attached hydrogen (secondary N) is 1. The maximum absolute atomic E-state index is 5.86. The van der Waals surface area contributed by atoms with E-state index in [-0.39, 0.29) is 5.41 Å². The van der Waals surface area contributed by atoms with Gasteiger partial charge in [-0.3, -0.25) is 4.99 Å². The molecule has 0 aromatic heterocycles. The number of aliphatic imine (C=N–C) groups is 2. The number of allylic oxidation sites excluding steroid dienone is 2. The molecule has 1 unspecified atom stereocenters. The molecule has 6 heteroatoms. The highest BCUT2D eigenvalue weighted by molar-refractivity contribution is 6.44. The van der Waals surface area contributed by atoms with Crippen molar-refractivity contribution in [1.82, 2.24) is 5.32 Å². The summed E-state index contributed by atoms with van der Waals surface area (Å²) in [5.74, 6) is 1.50. The monoisotopic (exact) mass is 410 g/mol. The third-order valence-electron chi connectivity index (χ3n) is 6.00. The molecule has 0 saturated heterocycles. The van der Waals surface area contributed by atoms with Gasteiger partial charge in [-0.15, -0.1) is 0 Å². The van der Waals surface area contributed by atoms with E-state index >= 15 is 0 Å². The van der Waals surface area contributed by atoms with Gasteiger partial charge in [-0.25, -0.2) is 4.99 Å². The topological polar surface area (TPSA) is 72.0 Å². The third kappa shape index (κ3) is 5.53. The molecule has 0 radical (unpaired) electrons. The number of nitrogens with zero attached hydrogens (tertiary/aromatic N) is 2. The summed E-state index contributed by atoms with van der Waals surface area (Å²) in [5.41, 5.74) is 8.02. The van der Waals surface area contributed by atoms with Crippen molar-refractivity contribution < 1.29 is 4.74 Å². The SMILES string of the molecule is CC.CCC(C)C1(C2=C(OC)N=CCN2)CC1.CN=C(/C(Cl)=C\N)C1(C)CC1. The summed E-state index contributed by atoms with van der Waals surface area (Å²) < 4.78 is 5.34. The van der Waals surface area contributed by atoms with Crippen LogP contribution in [-0.4, -0.2) is 32.6 Å². The second-order valence-electron chi connectivity index (χ2n) is 7.69. The molecule has 1 heterocycles. The number of nitrogens with two attached hydrogens (primary N) is 1. The fourth-order valence-electron chi connectivity index (χ4n) is 3.64. The fraction of sp³-hybridized carbons (Fsp3) is 0.727. The van der Waals surface area contributed by atoms with E-state index < -0.39 is 0 Å². The highest BCUT2D eigenvalue weighted by Gasteiger charge is 2.51. The van der Waals surface area contributed by atoms with Crippen LogP contribution in [0.25, 0.3) is 0 Å². The van der Waals surface area contributed by atoms with Crippen LogP contribution >= 0.6 is 11.6 Å². The molecule has 1 atom stereocenters. The van der Waals surface area contributed by atoms with Crippen molar-refractivity contribution in [2.75, 3.05) is 20.7 Å². The Morgan fingerprint density at radius 3 is 2.39 bits per heavy atom. The Bertz CT molecular complexity index is 628. The van der Waals surface area contributed by atoms with Gasteiger partial charge < -0.3 is 15.8 Å². The molecule has 2 saturated carbocycles. The number of ether oxygens (including phenoxy) is 1. The normalized spacial score (nSPS) is 22.7. The lowest BCUT2D eigenvalue weighted by Gasteiger charge is -2.28. The van der Waals surface area contributed by atoms with Crippen molar-refractivity contribution in [3.63, 3.8) is 0 Å². The number of rotatable bonds is 6. The van der Waals surface area contributed by atoms with Gasteiger partial charge in [0, 0.05) is 30.3 Å². The van der Waals surface area contributed by atoms with E-state index in [1.165, 1.54) is 44.0 Å². The summed E-state index contributed by atoms with van der Waals surface area (Å²) in [6, 6.07) is 0. The maximum atomic E-state index is 5.86. The van der Waals surface area contributed by atoms with E-state index in [4.69, 9.17) is 22.1 Å². The molecule has 0 aromatic rings. The summed E-state index contributed by atoms with van der Waals surface area (Å²) in [5, 5.41) is 4.03. The first kappa shape index (κ1) is 24.5. The van der Waals surface area contributed by atoms with Gasteiger partial charge in [0.25, 0.3) is 0 Å². The van der Waals surface area contributed by atoms with E-state index in [2.05, 4.69) is 36.1 Å². The van der Waals surface area contributed by atoms with Crippen molar-refractivity contribution in [1.29, 1.82) is 0 Å². The molecule has 3 aliphatic rings. The first-order valence-electron chi connectivity index (χ1n) is 10.5. The minimum atomic E-state index is 0.210. The quantitative estimate of drug-likeness (QED) is 0.589. The number of hydrogen-bond donors (Lipinski definition) is 2. The highest BCUT2D eigenvalue weighted by atomic mass is 35.5. The summed E-state index contributed by atoms with van der Waals surface area (Å²) in [6.45, 7) is 11.6. The van der Waals surface area contributed by atoms with Gasteiger partial charge in [0.1, 0.15) is 0 Å². The zero-order chi connectivity index (χ0) is 21.4. The molecule has 3 rings (SSSR count). The van der Waals surface area contributed by atoms with Gasteiger partial charge in [-0.1, -0.05) is 52.6 Å². The van der Waals surface area contributed by atoms with Gasteiger partial charge >= 0.3 is 0 Å². The first-order chi connectivity index (χ1) is 13.4. The molecule has 28 heavy (non-hydrogen) atoms. The van der Waals surface area contributed by atoms with Crippen LogP contribution in [0.2, 0.25) is 0 Å². The number of hydrogen-bond acceptors (Lipinski definition) is 5.